The molecule has 0 spiro atoms. The number of likely N-dealkylation sites (tertiary alicyclic amines) is 1. The van der Waals surface area contributed by atoms with Crippen LogP contribution < -0.4 is 25.9 Å². The fourth-order valence-corrected chi connectivity index (χ4v) is 6.97. The maximum atomic E-state index is 14.4. The number of aromatic nitrogens is 4. The van der Waals surface area contributed by atoms with Crippen molar-refractivity contribution >= 4 is 47.6 Å². The Morgan fingerprint density at radius 2 is 1.40 bits per heavy atom. The first kappa shape index (κ1) is 32.7. The number of aromatic hydroxyl groups is 1. The van der Waals surface area contributed by atoms with Gasteiger partial charge in [0.15, 0.2) is 9.54 Å². The molecule has 0 aliphatic carbocycles. The van der Waals surface area contributed by atoms with Crippen LogP contribution in [0.25, 0.3) is 11.4 Å². The van der Waals surface area contributed by atoms with Crippen LogP contribution in [0.4, 0.5) is 0 Å². The van der Waals surface area contributed by atoms with Crippen molar-refractivity contribution in [3.63, 3.8) is 0 Å². The lowest BCUT2D eigenvalue weighted by Gasteiger charge is -2.28. The highest BCUT2D eigenvalue weighted by atomic mass is 35.5. The number of H-pyrrole nitrogens is 2. The number of methoxy groups -OCH3 is 1. The Balaban J connectivity index is 1.67. The van der Waals surface area contributed by atoms with E-state index >= 15 is 0 Å². The Hall–Kier alpha value is -4.20. The first-order valence-corrected chi connectivity index (χ1v) is 16.3. The lowest BCUT2D eigenvalue weighted by molar-refractivity contribution is -0.901. The van der Waals surface area contributed by atoms with Gasteiger partial charge in [0.2, 0.25) is 5.88 Å². The number of quaternary nitrogens is 1. The molecule has 1 fully saturated rings. The summed E-state index contributed by atoms with van der Waals surface area (Å²) in [5.41, 5.74) is -0.204. The van der Waals surface area contributed by atoms with E-state index in [9.17, 15) is 19.8 Å². The van der Waals surface area contributed by atoms with Gasteiger partial charge in [-0.25, -0.2) is 0 Å². The van der Waals surface area contributed by atoms with Crippen molar-refractivity contribution in [2.75, 3.05) is 20.2 Å². The topological polar surface area (TPSA) is 133 Å². The molecule has 5 aromatic rings. The second kappa shape index (κ2) is 13.5. The normalized spacial score (nSPS) is 13.9. The molecular weight excluding hydrogens is 681 g/mol. The summed E-state index contributed by atoms with van der Waals surface area (Å²) in [6.45, 7) is 2.60. The Labute approximate surface area is 289 Å². The van der Waals surface area contributed by atoms with Crippen molar-refractivity contribution in [3.05, 3.63) is 129 Å². The summed E-state index contributed by atoms with van der Waals surface area (Å²) in [4.78, 5) is 34.3. The largest absolute Gasteiger partial charge is 0.859 e. The molecule has 47 heavy (non-hydrogen) atoms. The second-order valence-corrected chi connectivity index (χ2v) is 12.9. The minimum Gasteiger partial charge on any atom is -0.859 e. The van der Waals surface area contributed by atoms with Gasteiger partial charge in [0.05, 0.1) is 37.4 Å². The number of nitrogens with zero attached hydrogens (tertiary/aromatic N) is 2. The van der Waals surface area contributed by atoms with Crippen LogP contribution in [-0.4, -0.2) is 44.4 Å². The molecule has 1 atom stereocenters. The number of benzene rings is 3. The maximum Gasteiger partial charge on any atom is 0.259 e. The monoisotopic (exact) mass is 709 g/mol. The summed E-state index contributed by atoms with van der Waals surface area (Å²) in [6.07, 6.45) is 2.21. The van der Waals surface area contributed by atoms with E-state index in [1.165, 1.54) is 9.47 Å². The molecule has 0 bridgehead atoms. The lowest BCUT2D eigenvalue weighted by atomic mass is 9.85. The zero-order valence-electron chi connectivity index (χ0n) is 25.0. The van der Waals surface area contributed by atoms with Gasteiger partial charge in [-0.2, -0.15) is 0 Å². The number of hydrogen-bond donors (Lipinski definition) is 4. The molecule has 3 aromatic carbocycles. The van der Waals surface area contributed by atoms with E-state index in [1.807, 2.05) is 6.07 Å². The van der Waals surface area contributed by atoms with Crippen molar-refractivity contribution in [2.45, 2.75) is 25.3 Å². The fraction of sp³-hybridized carbons (Fsp3) is 0.212. The number of aromatic amines is 2. The third-order valence-corrected chi connectivity index (χ3v) is 9.43. The first-order valence-electron chi connectivity index (χ1n) is 14.7. The number of rotatable bonds is 8. The van der Waals surface area contributed by atoms with Gasteiger partial charge in [-0.15, -0.1) is 0 Å². The number of nitrogens with one attached hydrogen (secondary N) is 3. The Kier molecular flexibility index (Phi) is 9.40. The van der Waals surface area contributed by atoms with Crippen LogP contribution in [0.1, 0.15) is 41.0 Å². The van der Waals surface area contributed by atoms with Gasteiger partial charge in [-0.3, -0.25) is 24.1 Å². The highest BCUT2D eigenvalue weighted by Crippen LogP contribution is 2.39. The third kappa shape index (κ3) is 6.39. The summed E-state index contributed by atoms with van der Waals surface area (Å²) in [5, 5.41) is 27.2. The van der Waals surface area contributed by atoms with Crippen LogP contribution in [0.2, 0.25) is 10.0 Å². The number of halogens is 2. The van der Waals surface area contributed by atoms with E-state index in [0.717, 1.165) is 36.1 Å². The van der Waals surface area contributed by atoms with Crippen molar-refractivity contribution in [1.29, 1.82) is 0 Å². The van der Waals surface area contributed by atoms with Crippen LogP contribution in [0.15, 0.2) is 76.3 Å². The van der Waals surface area contributed by atoms with E-state index in [4.69, 9.17) is 52.4 Å². The van der Waals surface area contributed by atoms with Crippen LogP contribution >= 0.6 is 47.6 Å². The zero-order valence-corrected chi connectivity index (χ0v) is 28.2. The Morgan fingerprint density at radius 3 is 1.98 bits per heavy atom. The first-order chi connectivity index (χ1) is 22.6. The minimum atomic E-state index is -1.36. The van der Waals surface area contributed by atoms with Crippen LogP contribution in [0.5, 0.6) is 17.5 Å². The highest BCUT2D eigenvalue weighted by molar-refractivity contribution is 7.71. The molecule has 10 nitrogen and oxygen atoms in total. The molecule has 3 heterocycles. The van der Waals surface area contributed by atoms with E-state index in [-0.39, 0.29) is 20.7 Å². The molecule has 14 heteroatoms. The molecular formula is C33H29Cl2N5O5S2. The van der Waals surface area contributed by atoms with Gasteiger partial charge in [-0.1, -0.05) is 29.3 Å². The van der Waals surface area contributed by atoms with E-state index in [0.29, 0.717) is 39.3 Å². The quantitative estimate of drug-likeness (QED) is 0.174. The minimum absolute atomic E-state index is 0.0984. The van der Waals surface area contributed by atoms with Gasteiger partial charge >= 0.3 is 0 Å². The average molecular weight is 711 g/mol. The predicted octanol–water partition coefficient (Wildman–Crippen LogP) is 4.56. The third-order valence-electron chi connectivity index (χ3n) is 8.36. The number of hydrogen-bond acceptors (Lipinski definition) is 7. The second-order valence-electron chi connectivity index (χ2n) is 11.2. The van der Waals surface area contributed by atoms with Crippen LogP contribution in [0, 0.1) is 9.54 Å². The smallest absolute Gasteiger partial charge is 0.259 e. The fourth-order valence-electron chi connectivity index (χ4n) is 6.15. The molecule has 0 saturated carbocycles. The van der Waals surface area contributed by atoms with E-state index < -0.39 is 28.8 Å². The Bertz CT molecular complexity index is 2080. The predicted molar refractivity (Wildman–Crippen MR) is 183 cm³/mol. The highest BCUT2D eigenvalue weighted by Gasteiger charge is 2.31. The summed E-state index contributed by atoms with van der Waals surface area (Å²) in [6, 6.07) is 18.0. The van der Waals surface area contributed by atoms with Gasteiger partial charge in [0.25, 0.3) is 11.1 Å². The van der Waals surface area contributed by atoms with Crippen molar-refractivity contribution in [3.8, 4) is 28.9 Å². The molecule has 1 unspecified atom stereocenters. The summed E-state index contributed by atoms with van der Waals surface area (Å²) >= 11 is 23.1. The molecule has 0 radical (unpaired) electrons. The van der Waals surface area contributed by atoms with Crippen LogP contribution in [-0.2, 0) is 6.54 Å². The maximum absolute atomic E-state index is 14.4. The average Bonchev–Trinajstić information content (AvgIpc) is 3.55. The number of ether oxygens (including phenoxy) is 1. The molecule has 6 rings (SSSR count). The van der Waals surface area contributed by atoms with Crippen molar-refractivity contribution < 1.29 is 19.8 Å². The van der Waals surface area contributed by atoms with Crippen molar-refractivity contribution in [1.82, 2.24) is 19.1 Å². The summed E-state index contributed by atoms with van der Waals surface area (Å²) < 4.78 is 7.85. The summed E-state index contributed by atoms with van der Waals surface area (Å²) in [7, 11) is 1.57. The lowest BCUT2D eigenvalue weighted by Crippen LogP contribution is -3.08. The van der Waals surface area contributed by atoms with Crippen LogP contribution in [0.3, 0.4) is 0 Å². The van der Waals surface area contributed by atoms with Gasteiger partial charge in [0.1, 0.15) is 12.3 Å². The molecule has 1 aliphatic rings. The molecule has 4 N–H and O–H groups in total. The molecule has 2 aromatic heterocycles. The van der Waals surface area contributed by atoms with Gasteiger partial charge in [0, 0.05) is 39.7 Å². The molecule has 1 aliphatic heterocycles. The van der Waals surface area contributed by atoms with E-state index in [2.05, 4.69) is 9.97 Å². The van der Waals surface area contributed by atoms with E-state index in [1.54, 1.807) is 67.8 Å². The SMILES string of the molecule is COc1ccc(C(c2c([O-])n(-c3ccc(Cl)cc3)c(=S)[nH]c2=O)c2c(O)n(-c3ccc(Cl)cc3)c(=S)[nH]c2=O)cc1C[NH+]1CCCC1. The summed E-state index contributed by atoms with van der Waals surface area (Å²) in [5.74, 6) is -2.06. The van der Waals surface area contributed by atoms with Gasteiger partial charge < -0.3 is 24.4 Å². The molecule has 1 saturated heterocycles. The zero-order chi connectivity index (χ0) is 33.4. The van der Waals surface area contributed by atoms with Crippen molar-refractivity contribution in [2.24, 2.45) is 0 Å². The van der Waals surface area contributed by atoms with Gasteiger partial charge in [-0.05, 0) is 96.5 Å². The molecule has 242 valence electrons. The Morgan fingerprint density at radius 1 is 0.872 bits per heavy atom. The standard InChI is InChI=1S/C33H29Cl2N5O5S2/c1-45-24-13-4-18(16-19(24)17-38-14-2-3-15-38)25(26-28(41)36-32(46)39(30(26)43)22-9-5-20(34)6-10-22)27-29(42)37-33(47)40(31(27)44)23-11-7-21(35)8-12-23/h4-13,16,25,43-44H,2-3,14-15,17H2,1H3,(H,36,41,46)(H,37,42,47). The molecule has 0 amide bonds.